The molecule has 27 heavy (non-hydrogen) atoms. The van der Waals surface area contributed by atoms with Crippen molar-refractivity contribution in [1.82, 2.24) is 0 Å². The first-order chi connectivity index (χ1) is 12.8. The van der Waals surface area contributed by atoms with Gasteiger partial charge in [0, 0.05) is 28.3 Å². The Labute approximate surface area is 168 Å². The summed E-state index contributed by atoms with van der Waals surface area (Å²) in [4.78, 5) is 15.0. The number of aryl methyl sites for hydroxylation is 1. The number of hydrogen-bond donors (Lipinski definition) is 0. The molecule has 2 heterocycles. The monoisotopic (exact) mass is 448 g/mol. The molecule has 5 nitrogen and oxygen atoms in total. The van der Waals surface area contributed by atoms with Crippen molar-refractivity contribution in [1.29, 1.82) is 0 Å². The lowest BCUT2D eigenvalue weighted by atomic mass is 10.00. The van der Waals surface area contributed by atoms with Gasteiger partial charge in [-0.05, 0) is 73.7 Å². The van der Waals surface area contributed by atoms with Crippen molar-refractivity contribution in [3.8, 4) is 0 Å². The van der Waals surface area contributed by atoms with Crippen LogP contribution in [0.4, 0.5) is 11.4 Å². The van der Waals surface area contributed by atoms with Crippen molar-refractivity contribution in [3.05, 3.63) is 57.6 Å². The second-order valence-electron chi connectivity index (χ2n) is 7.29. The van der Waals surface area contributed by atoms with E-state index in [1.807, 2.05) is 30.0 Å². The zero-order valence-corrected chi connectivity index (χ0v) is 17.7. The Morgan fingerprint density at radius 1 is 1.11 bits per heavy atom. The highest BCUT2D eigenvalue weighted by Gasteiger charge is 2.33. The summed E-state index contributed by atoms with van der Waals surface area (Å²) in [5.41, 5.74) is 4.33. The van der Waals surface area contributed by atoms with Crippen molar-refractivity contribution in [3.63, 3.8) is 0 Å². The Balaban J connectivity index is 1.69. The summed E-state index contributed by atoms with van der Waals surface area (Å²) >= 11 is 3.50. The Morgan fingerprint density at radius 2 is 1.85 bits per heavy atom. The summed E-state index contributed by atoms with van der Waals surface area (Å²) in [6.45, 7) is 2.58. The van der Waals surface area contributed by atoms with Crippen LogP contribution in [0.25, 0.3) is 0 Å². The molecule has 2 aromatic carbocycles. The second-order valence-corrected chi connectivity index (χ2v) is 10.1. The first kappa shape index (κ1) is 18.5. The maximum atomic E-state index is 13.2. The highest BCUT2D eigenvalue weighted by atomic mass is 79.9. The van der Waals surface area contributed by atoms with E-state index in [4.69, 9.17) is 0 Å². The largest absolute Gasteiger partial charge is 0.308 e. The van der Waals surface area contributed by atoms with E-state index in [9.17, 15) is 13.2 Å². The van der Waals surface area contributed by atoms with Crippen LogP contribution in [0.2, 0.25) is 0 Å². The second kappa shape index (κ2) is 6.63. The molecule has 1 unspecified atom stereocenters. The highest BCUT2D eigenvalue weighted by Crippen LogP contribution is 2.36. The summed E-state index contributed by atoms with van der Waals surface area (Å²) in [5, 5.41) is 0. The van der Waals surface area contributed by atoms with Crippen molar-refractivity contribution in [2.24, 2.45) is 0 Å². The Hall–Kier alpha value is -1.86. The molecular weight excluding hydrogens is 428 g/mol. The van der Waals surface area contributed by atoms with Gasteiger partial charge in [-0.25, -0.2) is 8.42 Å². The Bertz CT molecular complexity index is 1040. The van der Waals surface area contributed by atoms with Crippen molar-refractivity contribution >= 4 is 43.2 Å². The number of carbonyl (C=O) groups is 1. The number of anilines is 2. The molecule has 1 amide bonds. The number of fused-ring (bicyclic) bond motifs is 2. The molecule has 2 aromatic rings. The average molecular weight is 449 g/mol. The van der Waals surface area contributed by atoms with Crippen molar-refractivity contribution < 1.29 is 13.2 Å². The van der Waals surface area contributed by atoms with Crippen LogP contribution in [0.1, 0.15) is 34.8 Å². The van der Waals surface area contributed by atoms with E-state index >= 15 is 0 Å². The van der Waals surface area contributed by atoms with Gasteiger partial charge in [-0.2, -0.15) is 0 Å². The summed E-state index contributed by atoms with van der Waals surface area (Å²) < 4.78 is 26.6. The third-order valence-corrected chi connectivity index (χ3v) is 7.01. The lowest BCUT2D eigenvalue weighted by molar-refractivity contribution is 0.0985. The molecule has 0 aliphatic carbocycles. The lowest BCUT2D eigenvalue weighted by Crippen LogP contribution is -2.35. The van der Waals surface area contributed by atoms with Crippen LogP contribution in [0.15, 0.2) is 40.9 Å². The van der Waals surface area contributed by atoms with Gasteiger partial charge >= 0.3 is 0 Å². The minimum Gasteiger partial charge on any atom is -0.308 e. The van der Waals surface area contributed by atoms with Crippen LogP contribution in [-0.2, 0) is 22.9 Å². The van der Waals surface area contributed by atoms with E-state index in [0.29, 0.717) is 24.2 Å². The fraction of sp³-hybridized carbons (Fsp3) is 0.350. The van der Waals surface area contributed by atoms with Crippen LogP contribution in [-0.4, -0.2) is 33.2 Å². The first-order valence-corrected chi connectivity index (χ1v) is 11.6. The summed E-state index contributed by atoms with van der Waals surface area (Å²) in [5.74, 6) is -0.0356. The number of amides is 1. The van der Waals surface area contributed by atoms with Gasteiger partial charge < -0.3 is 4.90 Å². The summed E-state index contributed by atoms with van der Waals surface area (Å²) in [7, 11) is -3.33. The molecule has 0 saturated heterocycles. The zero-order chi connectivity index (χ0) is 19.3. The van der Waals surface area contributed by atoms with Crippen LogP contribution in [0.5, 0.6) is 0 Å². The quantitative estimate of drug-likeness (QED) is 0.702. The highest BCUT2D eigenvalue weighted by molar-refractivity contribution is 9.10. The summed E-state index contributed by atoms with van der Waals surface area (Å²) in [6, 6.07) is 11.2. The molecule has 0 radical (unpaired) electrons. The minimum atomic E-state index is -3.33. The molecule has 0 saturated carbocycles. The smallest absolute Gasteiger partial charge is 0.258 e. The van der Waals surface area contributed by atoms with Crippen LogP contribution in [0.3, 0.4) is 0 Å². The number of benzene rings is 2. The number of nitrogens with zero attached hydrogens (tertiary/aromatic N) is 2. The molecule has 0 bridgehead atoms. The molecule has 2 aliphatic heterocycles. The first-order valence-electron chi connectivity index (χ1n) is 8.98. The molecule has 142 valence electrons. The standard InChI is InChI=1S/C20H21BrN2O3S/c1-13-10-16-11-15(5-7-19(16)23(13)27(2,25)26)20(24)22-9-3-4-14-12-17(21)6-8-18(14)22/h5-8,11-13H,3-4,9-10H2,1-2H3. The normalized spacial score (nSPS) is 19.0. The number of carbonyl (C=O) groups excluding carboxylic acids is 1. The van der Waals surface area contributed by atoms with Crippen LogP contribution < -0.4 is 9.21 Å². The predicted octanol–water partition coefficient (Wildman–Crippen LogP) is 3.75. The third-order valence-electron chi connectivity index (χ3n) is 5.24. The van der Waals surface area contributed by atoms with Crippen LogP contribution in [0, 0.1) is 0 Å². The fourth-order valence-electron chi connectivity index (χ4n) is 4.17. The molecular formula is C20H21BrN2O3S. The fourth-order valence-corrected chi connectivity index (χ4v) is 5.85. The number of hydrogen-bond acceptors (Lipinski definition) is 3. The van der Waals surface area contributed by atoms with E-state index in [1.54, 1.807) is 12.1 Å². The molecule has 0 fully saturated rings. The molecule has 4 rings (SSSR count). The number of sulfonamides is 1. The topological polar surface area (TPSA) is 57.7 Å². The van der Waals surface area contributed by atoms with Gasteiger partial charge in [-0.3, -0.25) is 9.10 Å². The average Bonchev–Trinajstić information content (AvgIpc) is 2.95. The number of halogens is 1. The maximum absolute atomic E-state index is 13.2. The lowest BCUT2D eigenvalue weighted by Gasteiger charge is -2.30. The van der Waals surface area contributed by atoms with E-state index in [-0.39, 0.29) is 11.9 Å². The Kier molecular flexibility index (Phi) is 4.55. The molecule has 2 aliphatic rings. The molecule has 0 aromatic heterocycles. The van der Waals surface area contributed by atoms with Gasteiger partial charge in [0.25, 0.3) is 5.91 Å². The van der Waals surface area contributed by atoms with Gasteiger partial charge in [0.15, 0.2) is 0 Å². The van der Waals surface area contributed by atoms with Gasteiger partial charge in [-0.1, -0.05) is 15.9 Å². The third kappa shape index (κ3) is 3.27. The minimum absolute atomic E-state index is 0.0356. The molecule has 0 N–H and O–H groups in total. The van der Waals surface area contributed by atoms with Gasteiger partial charge in [0.1, 0.15) is 0 Å². The van der Waals surface area contributed by atoms with Crippen molar-refractivity contribution in [2.45, 2.75) is 32.2 Å². The van der Waals surface area contributed by atoms with E-state index in [2.05, 4.69) is 22.0 Å². The van der Waals surface area contributed by atoms with Gasteiger partial charge in [-0.15, -0.1) is 0 Å². The van der Waals surface area contributed by atoms with Crippen molar-refractivity contribution in [2.75, 3.05) is 22.0 Å². The van der Waals surface area contributed by atoms with Gasteiger partial charge in [0.05, 0.1) is 11.9 Å². The van der Waals surface area contributed by atoms with Gasteiger partial charge in [0.2, 0.25) is 10.0 Å². The SMILES string of the molecule is CC1Cc2cc(C(=O)N3CCCc4cc(Br)ccc43)ccc2N1S(C)(=O)=O. The number of rotatable bonds is 2. The van der Waals surface area contributed by atoms with E-state index in [0.717, 1.165) is 28.6 Å². The van der Waals surface area contributed by atoms with E-state index in [1.165, 1.54) is 16.1 Å². The predicted molar refractivity (Wildman–Crippen MR) is 111 cm³/mol. The molecule has 7 heteroatoms. The molecule has 1 atom stereocenters. The summed E-state index contributed by atoms with van der Waals surface area (Å²) in [6.07, 6.45) is 3.73. The molecule has 0 spiro atoms. The van der Waals surface area contributed by atoms with Crippen LogP contribution >= 0.6 is 15.9 Å². The Morgan fingerprint density at radius 3 is 2.59 bits per heavy atom. The van der Waals surface area contributed by atoms with E-state index < -0.39 is 10.0 Å². The zero-order valence-electron chi connectivity index (χ0n) is 15.3. The maximum Gasteiger partial charge on any atom is 0.258 e.